The standard InChI is InChI=1S/C22H22N2O4/c1-26-18-12-14(13-19(27-2)20(18)28-3)11-17-22(25)24(16-9-10-16)21(23-17)15-7-5-4-6-8-15/h4-8,11-13,16H,9-10H2,1-3H3/b17-11-. The number of aliphatic imine (C=N–C) groups is 1. The van der Waals surface area contributed by atoms with Gasteiger partial charge in [0.1, 0.15) is 11.5 Å². The van der Waals surface area contributed by atoms with Crippen LogP contribution in [0.5, 0.6) is 17.2 Å². The number of benzene rings is 2. The number of nitrogens with zero attached hydrogens (tertiary/aromatic N) is 2. The van der Waals surface area contributed by atoms with E-state index in [0.29, 0.717) is 28.8 Å². The summed E-state index contributed by atoms with van der Waals surface area (Å²) in [5, 5.41) is 0. The zero-order valence-corrected chi connectivity index (χ0v) is 16.1. The topological polar surface area (TPSA) is 60.4 Å². The van der Waals surface area contributed by atoms with Gasteiger partial charge in [-0.05, 0) is 36.6 Å². The van der Waals surface area contributed by atoms with E-state index < -0.39 is 0 Å². The normalized spacial score (nSPS) is 17.7. The second-order valence-corrected chi connectivity index (χ2v) is 6.70. The molecule has 144 valence electrons. The van der Waals surface area contributed by atoms with Crippen molar-refractivity contribution in [1.29, 1.82) is 0 Å². The summed E-state index contributed by atoms with van der Waals surface area (Å²) in [7, 11) is 4.69. The van der Waals surface area contributed by atoms with Gasteiger partial charge in [-0.25, -0.2) is 4.99 Å². The van der Waals surface area contributed by atoms with Crippen molar-refractivity contribution in [3.05, 3.63) is 59.3 Å². The summed E-state index contributed by atoms with van der Waals surface area (Å²) in [6.45, 7) is 0. The largest absolute Gasteiger partial charge is 0.493 e. The lowest BCUT2D eigenvalue weighted by atomic mass is 10.1. The predicted octanol–water partition coefficient (Wildman–Crippen LogP) is 3.50. The summed E-state index contributed by atoms with van der Waals surface area (Å²) in [5.41, 5.74) is 2.10. The van der Waals surface area contributed by atoms with Crippen molar-refractivity contribution in [1.82, 2.24) is 4.90 Å². The van der Waals surface area contributed by atoms with Crippen LogP contribution >= 0.6 is 0 Å². The van der Waals surface area contributed by atoms with Crippen LogP contribution in [0, 0.1) is 0 Å². The van der Waals surface area contributed by atoms with Crippen molar-refractivity contribution < 1.29 is 19.0 Å². The molecule has 0 aromatic heterocycles. The molecule has 1 aliphatic heterocycles. The third-order valence-corrected chi connectivity index (χ3v) is 4.83. The van der Waals surface area contributed by atoms with Crippen LogP contribution in [0.15, 0.2) is 53.2 Å². The Morgan fingerprint density at radius 1 is 1.00 bits per heavy atom. The number of hydrogen-bond donors (Lipinski definition) is 0. The van der Waals surface area contributed by atoms with Crippen LogP contribution < -0.4 is 14.2 Å². The number of methoxy groups -OCH3 is 3. The maximum atomic E-state index is 13.1. The van der Waals surface area contributed by atoms with Gasteiger partial charge in [-0.2, -0.15) is 0 Å². The van der Waals surface area contributed by atoms with E-state index >= 15 is 0 Å². The molecule has 2 aromatic rings. The van der Waals surface area contributed by atoms with Gasteiger partial charge < -0.3 is 14.2 Å². The van der Waals surface area contributed by atoms with Crippen molar-refractivity contribution in [2.45, 2.75) is 18.9 Å². The SMILES string of the molecule is COc1cc(/C=C2\N=C(c3ccccc3)N(C3CC3)C2=O)cc(OC)c1OC. The fraction of sp³-hybridized carbons (Fsp3) is 0.273. The Hall–Kier alpha value is -3.28. The number of carbonyl (C=O) groups excluding carboxylic acids is 1. The summed E-state index contributed by atoms with van der Waals surface area (Å²) in [6.07, 6.45) is 3.78. The molecule has 0 bridgehead atoms. The van der Waals surface area contributed by atoms with E-state index in [2.05, 4.69) is 4.99 Å². The molecule has 0 spiro atoms. The molecule has 4 rings (SSSR count). The molecule has 1 heterocycles. The van der Waals surface area contributed by atoms with Crippen molar-refractivity contribution in [3.63, 3.8) is 0 Å². The number of amidine groups is 1. The summed E-state index contributed by atoms with van der Waals surface area (Å²) in [4.78, 5) is 19.6. The fourth-order valence-electron chi connectivity index (χ4n) is 3.33. The fourth-order valence-corrected chi connectivity index (χ4v) is 3.33. The Labute approximate surface area is 164 Å². The molecule has 0 atom stereocenters. The second kappa shape index (κ2) is 7.38. The van der Waals surface area contributed by atoms with Crippen LogP contribution in [0.25, 0.3) is 6.08 Å². The zero-order chi connectivity index (χ0) is 19.7. The average Bonchev–Trinajstić information content (AvgIpc) is 3.52. The molecule has 1 amide bonds. The third kappa shape index (κ3) is 3.22. The molecule has 1 aliphatic carbocycles. The highest BCUT2D eigenvalue weighted by atomic mass is 16.5. The summed E-state index contributed by atoms with van der Waals surface area (Å²) in [6, 6.07) is 13.7. The van der Waals surface area contributed by atoms with Gasteiger partial charge in [0.2, 0.25) is 5.75 Å². The highest BCUT2D eigenvalue weighted by Crippen LogP contribution is 2.39. The number of carbonyl (C=O) groups is 1. The Morgan fingerprint density at radius 2 is 1.64 bits per heavy atom. The number of ether oxygens (including phenoxy) is 3. The van der Waals surface area contributed by atoms with E-state index in [-0.39, 0.29) is 11.9 Å². The first-order valence-electron chi connectivity index (χ1n) is 9.15. The van der Waals surface area contributed by atoms with Crippen molar-refractivity contribution >= 4 is 17.8 Å². The molecule has 1 saturated carbocycles. The molecule has 2 aliphatic rings. The van der Waals surface area contributed by atoms with Gasteiger partial charge in [-0.3, -0.25) is 9.69 Å². The lowest BCUT2D eigenvalue weighted by Gasteiger charge is -2.17. The van der Waals surface area contributed by atoms with Crippen molar-refractivity contribution in [3.8, 4) is 17.2 Å². The van der Waals surface area contributed by atoms with Crippen LogP contribution in [-0.2, 0) is 4.79 Å². The minimum atomic E-state index is -0.0740. The molecule has 0 saturated heterocycles. The lowest BCUT2D eigenvalue weighted by molar-refractivity contribution is -0.122. The summed E-state index contributed by atoms with van der Waals surface area (Å²) in [5.74, 6) is 2.22. The minimum absolute atomic E-state index is 0.0740. The van der Waals surface area contributed by atoms with Crippen molar-refractivity contribution in [2.24, 2.45) is 4.99 Å². The first-order chi connectivity index (χ1) is 13.7. The van der Waals surface area contributed by atoms with Crippen LogP contribution in [0.4, 0.5) is 0 Å². The van der Waals surface area contributed by atoms with Crippen LogP contribution in [0.2, 0.25) is 0 Å². The monoisotopic (exact) mass is 378 g/mol. The highest BCUT2D eigenvalue weighted by Gasteiger charge is 2.41. The molecule has 6 nitrogen and oxygen atoms in total. The van der Waals surface area contributed by atoms with Crippen LogP contribution in [0.3, 0.4) is 0 Å². The van der Waals surface area contributed by atoms with Gasteiger partial charge in [-0.15, -0.1) is 0 Å². The van der Waals surface area contributed by atoms with E-state index in [0.717, 1.165) is 24.0 Å². The molecule has 28 heavy (non-hydrogen) atoms. The Balaban J connectivity index is 1.77. The van der Waals surface area contributed by atoms with Crippen molar-refractivity contribution in [2.75, 3.05) is 21.3 Å². The molecule has 0 N–H and O–H groups in total. The molecule has 1 fully saturated rings. The highest BCUT2D eigenvalue weighted by molar-refractivity contribution is 6.20. The number of amides is 1. The molecule has 0 unspecified atom stereocenters. The summed E-state index contributed by atoms with van der Waals surface area (Å²) >= 11 is 0. The van der Waals surface area contributed by atoms with Gasteiger partial charge >= 0.3 is 0 Å². The second-order valence-electron chi connectivity index (χ2n) is 6.70. The first-order valence-corrected chi connectivity index (χ1v) is 9.15. The molecule has 0 radical (unpaired) electrons. The Bertz CT molecular complexity index is 937. The third-order valence-electron chi connectivity index (χ3n) is 4.83. The smallest absolute Gasteiger partial charge is 0.278 e. The Kier molecular flexibility index (Phi) is 4.77. The predicted molar refractivity (Wildman–Crippen MR) is 107 cm³/mol. The van der Waals surface area contributed by atoms with E-state index in [1.165, 1.54) is 0 Å². The molecule has 6 heteroatoms. The van der Waals surface area contributed by atoms with Gasteiger partial charge in [0.15, 0.2) is 11.5 Å². The van der Waals surface area contributed by atoms with E-state index in [4.69, 9.17) is 14.2 Å². The molecular weight excluding hydrogens is 356 g/mol. The average molecular weight is 378 g/mol. The van der Waals surface area contributed by atoms with Crippen LogP contribution in [0.1, 0.15) is 24.0 Å². The lowest BCUT2D eigenvalue weighted by Crippen LogP contribution is -2.34. The Morgan fingerprint density at radius 3 is 2.18 bits per heavy atom. The van der Waals surface area contributed by atoms with E-state index in [9.17, 15) is 4.79 Å². The van der Waals surface area contributed by atoms with Gasteiger partial charge in [0.05, 0.1) is 21.3 Å². The molecular formula is C22H22N2O4. The van der Waals surface area contributed by atoms with E-state index in [1.54, 1.807) is 39.5 Å². The van der Waals surface area contributed by atoms with E-state index in [1.807, 2.05) is 35.2 Å². The van der Waals surface area contributed by atoms with Gasteiger partial charge in [0, 0.05) is 11.6 Å². The maximum absolute atomic E-state index is 13.1. The molecule has 2 aromatic carbocycles. The quantitative estimate of drug-likeness (QED) is 0.722. The zero-order valence-electron chi connectivity index (χ0n) is 16.1. The first kappa shape index (κ1) is 18.1. The number of hydrogen-bond acceptors (Lipinski definition) is 5. The summed E-state index contributed by atoms with van der Waals surface area (Å²) < 4.78 is 16.2. The maximum Gasteiger partial charge on any atom is 0.278 e. The number of rotatable bonds is 6. The van der Waals surface area contributed by atoms with Crippen LogP contribution in [-0.4, -0.2) is 44.0 Å². The van der Waals surface area contributed by atoms with Gasteiger partial charge in [-0.1, -0.05) is 30.3 Å². The minimum Gasteiger partial charge on any atom is -0.493 e. The van der Waals surface area contributed by atoms with Gasteiger partial charge in [0.25, 0.3) is 5.91 Å².